The lowest BCUT2D eigenvalue weighted by molar-refractivity contribution is -0.137. The maximum Gasteiger partial charge on any atom is 0.255 e. The fourth-order valence-electron chi connectivity index (χ4n) is 5.02. The van der Waals surface area contributed by atoms with Crippen LogP contribution in [0, 0.1) is 22.7 Å². The van der Waals surface area contributed by atoms with Gasteiger partial charge in [0.15, 0.2) is 0 Å². The highest BCUT2D eigenvalue weighted by Gasteiger charge is 2.33. The average molecular weight is 679 g/mol. The van der Waals surface area contributed by atoms with E-state index >= 15 is 0 Å². The van der Waals surface area contributed by atoms with E-state index in [1.54, 1.807) is 0 Å². The molecule has 47 heavy (non-hydrogen) atoms. The summed E-state index contributed by atoms with van der Waals surface area (Å²) in [5.41, 5.74) is -2.01. The third-order valence-corrected chi connectivity index (χ3v) is 10.5. The lowest BCUT2D eigenvalue weighted by Gasteiger charge is -2.29. The molecule has 0 aromatic carbocycles. The van der Waals surface area contributed by atoms with Crippen LogP contribution >= 0.6 is 0 Å². The summed E-state index contributed by atoms with van der Waals surface area (Å²) in [7, 11) is -2.78. The summed E-state index contributed by atoms with van der Waals surface area (Å²) in [4.78, 5) is 61.1. The molecule has 0 bridgehead atoms. The van der Waals surface area contributed by atoms with Crippen molar-refractivity contribution in [3.8, 4) is 11.8 Å². The monoisotopic (exact) mass is 678 g/mol. The second kappa shape index (κ2) is 16.8. The summed E-state index contributed by atoms with van der Waals surface area (Å²) in [6, 6.07) is 0. The average Bonchev–Trinajstić information content (AvgIpc) is 3.20. The van der Waals surface area contributed by atoms with Gasteiger partial charge in [-0.2, -0.15) is 4.36 Å². The van der Waals surface area contributed by atoms with Gasteiger partial charge in [-0.25, -0.2) is 4.21 Å². The molecule has 12 nitrogen and oxygen atoms in total. The predicted molar refractivity (Wildman–Crippen MR) is 180 cm³/mol. The van der Waals surface area contributed by atoms with Crippen molar-refractivity contribution in [2.24, 2.45) is 15.2 Å². The van der Waals surface area contributed by atoms with Crippen LogP contribution in [0.3, 0.4) is 0 Å². The van der Waals surface area contributed by atoms with Gasteiger partial charge in [0.25, 0.3) is 17.7 Å². The fraction of sp³-hybridized carbons (Fsp3) is 0.735. The molecule has 0 aromatic heterocycles. The van der Waals surface area contributed by atoms with Gasteiger partial charge in [0.05, 0.1) is 27.5 Å². The van der Waals surface area contributed by atoms with E-state index in [9.17, 15) is 28.2 Å². The SMILES string of the molecule is CC1(C)C#CC(C)(C)CS(=O)(=NC(=O)CCNC(=O)CCC(C)(C)OCCC(C)(C)OCCCNC(=O)CCN2C(=O)C=CC2=O)C1. The number of hydrogen-bond acceptors (Lipinski definition) is 8. The molecule has 2 rings (SSSR count). The van der Waals surface area contributed by atoms with Crippen molar-refractivity contribution in [2.75, 3.05) is 44.4 Å². The molecule has 0 saturated carbocycles. The molecule has 0 aliphatic carbocycles. The Bertz CT molecular complexity index is 1350. The molecule has 0 spiro atoms. The number of hydrogen-bond donors (Lipinski definition) is 2. The van der Waals surface area contributed by atoms with Gasteiger partial charge in [-0.1, -0.05) is 11.8 Å². The largest absolute Gasteiger partial charge is 0.375 e. The molecule has 2 aliphatic rings. The van der Waals surface area contributed by atoms with E-state index in [4.69, 9.17) is 9.47 Å². The van der Waals surface area contributed by atoms with Gasteiger partial charge in [0.1, 0.15) is 0 Å². The van der Waals surface area contributed by atoms with Gasteiger partial charge >= 0.3 is 0 Å². The Morgan fingerprint density at radius 3 is 1.94 bits per heavy atom. The molecule has 0 unspecified atom stereocenters. The molecule has 0 radical (unpaired) electrons. The van der Waals surface area contributed by atoms with Crippen molar-refractivity contribution in [3.05, 3.63) is 12.2 Å². The quantitative estimate of drug-likeness (QED) is 0.127. The molecular formula is C34H54N4O8S. The normalized spacial score (nSPS) is 18.3. The topological polar surface area (TPSA) is 161 Å². The zero-order valence-electron chi connectivity index (χ0n) is 29.4. The standard InChI is InChI=1S/C34H54N4O8S/c1-31(2)16-17-32(3,4)25-47(44,24-31)37-28(41)13-20-36-26(39)12-15-33(5,6)46-23-18-34(7,8)45-22-9-19-35-27(40)14-21-38-29(42)10-11-30(38)43/h10-11H,9,12-15,18-25H2,1-8H3,(H,35,40)(H,36,39). The molecule has 0 atom stereocenters. The number of nitrogens with zero attached hydrogens (tertiary/aromatic N) is 2. The van der Waals surface area contributed by atoms with E-state index in [0.717, 1.165) is 4.90 Å². The van der Waals surface area contributed by atoms with Crippen LogP contribution in [0.2, 0.25) is 0 Å². The Labute approximate surface area is 280 Å². The Hall–Kier alpha value is -3.08. The molecule has 0 fully saturated rings. The number of nitrogens with one attached hydrogen (secondary N) is 2. The van der Waals surface area contributed by atoms with Gasteiger partial charge in [0.2, 0.25) is 11.8 Å². The van der Waals surface area contributed by atoms with Gasteiger partial charge in [0, 0.05) is 80.0 Å². The Balaban J connectivity index is 1.60. The number of rotatable bonds is 18. The summed E-state index contributed by atoms with van der Waals surface area (Å²) >= 11 is 0. The summed E-state index contributed by atoms with van der Waals surface area (Å²) in [6.07, 6.45) is 4.34. The van der Waals surface area contributed by atoms with Crippen LogP contribution in [0.25, 0.3) is 0 Å². The first-order valence-electron chi connectivity index (χ1n) is 16.3. The van der Waals surface area contributed by atoms with E-state index < -0.39 is 49.5 Å². The second-order valence-corrected chi connectivity index (χ2v) is 17.1. The van der Waals surface area contributed by atoms with Crippen LogP contribution in [0.15, 0.2) is 16.5 Å². The minimum atomic E-state index is -2.78. The maximum atomic E-state index is 13.5. The van der Waals surface area contributed by atoms with Gasteiger partial charge in [-0.05, 0) is 74.7 Å². The number of carbonyl (C=O) groups excluding carboxylic acids is 5. The van der Waals surface area contributed by atoms with Crippen LogP contribution < -0.4 is 10.6 Å². The molecule has 2 aliphatic heterocycles. The van der Waals surface area contributed by atoms with Crippen LogP contribution in [0.4, 0.5) is 0 Å². The lowest BCUT2D eigenvalue weighted by Crippen LogP contribution is -2.35. The molecule has 13 heteroatoms. The minimum absolute atomic E-state index is 0.0211. The summed E-state index contributed by atoms with van der Waals surface area (Å²) in [6.45, 7) is 16.8. The summed E-state index contributed by atoms with van der Waals surface area (Å²) < 4.78 is 29.6. The van der Waals surface area contributed by atoms with Gasteiger partial charge in [-0.3, -0.25) is 28.9 Å². The van der Waals surface area contributed by atoms with Gasteiger partial charge in [-0.15, -0.1) is 0 Å². The van der Waals surface area contributed by atoms with Crippen molar-refractivity contribution in [1.29, 1.82) is 0 Å². The molecule has 5 amide bonds. The number of amides is 5. The first kappa shape index (κ1) is 40.1. The van der Waals surface area contributed by atoms with Crippen molar-refractivity contribution in [1.82, 2.24) is 15.5 Å². The van der Waals surface area contributed by atoms with Crippen LogP contribution in [-0.2, 0) is 43.2 Å². The molecule has 0 saturated heterocycles. The molecular weight excluding hydrogens is 624 g/mol. The minimum Gasteiger partial charge on any atom is -0.375 e. The van der Waals surface area contributed by atoms with Crippen LogP contribution in [0.5, 0.6) is 0 Å². The third-order valence-electron chi connectivity index (χ3n) is 7.59. The van der Waals surface area contributed by atoms with E-state index in [2.05, 4.69) is 26.8 Å². The summed E-state index contributed by atoms with van der Waals surface area (Å²) in [5.74, 6) is 5.09. The maximum absolute atomic E-state index is 13.5. The number of imide groups is 1. The summed E-state index contributed by atoms with van der Waals surface area (Å²) in [5, 5.41) is 5.52. The lowest BCUT2D eigenvalue weighted by atomic mass is 9.92. The van der Waals surface area contributed by atoms with E-state index in [0.29, 0.717) is 39.0 Å². The predicted octanol–water partition coefficient (Wildman–Crippen LogP) is 3.14. The second-order valence-electron chi connectivity index (χ2n) is 14.7. The Morgan fingerprint density at radius 1 is 0.830 bits per heavy atom. The van der Waals surface area contributed by atoms with Crippen molar-refractivity contribution in [2.45, 2.75) is 105 Å². The van der Waals surface area contributed by atoms with Crippen LogP contribution in [0.1, 0.15) is 93.9 Å². The highest BCUT2D eigenvalue weighted by atomic mass is 32.2. The number of carbonyl (C=O) groups is 5. The molecule has 264 valence electrons. The fourth-order valence-corrected chi connectivity index (χ4v) is 8.11. The zero-order chi connectivity index (χ0) is 35.5. The van der Waals surface area contributed by atoms with Crippen LogP contribution in [-0.4, -0.2) is 94.2 Å². The van der Waals surface area contributed by atoms with E-state index in [1.807, 2.05) is 55.4 Å². The molecule has 2 N–H and O–H groups in total. The molecule has 2 heterocycles. The molecule has 0 aromatic rings. The Morgan fingerprint density at radius 2 is 1.34 bits per heavy atom. The third kappa shape index (κ3) is 15.6. The number of ether oxygens (including phenoxy) is 2. The smallest absolute Gasteiger partial charge is 0.255 e. The highest BCUT2D eigenvalue weighted by Crippen LogP contribution is 2.29. The van der Waals surface area contributed by atoms with E-state index in [-0.39, 0.29) is 55.7 Å². The van der Waals surface area contributed by atoms with Gasteiger partial charge < -0.3 is 20.1 Å². The van der Waals surface area contributed by atoms with Crippen molar-refractivity contribution in [3.63, 3.8) is 0 Å². The highest BCUT2D eigenvalue weighted by molar-refractivity contribution is 7.94. The zero-order valence-corrected chi connectivity index (χ0v) is 30.2. The van der Waals surface area contributed by atoms with Crippen molar-refractivity contribution < 1.29 is 37.7 Å². The Kier molecular flexibility index (Phi) is 14.4. The van der Waals surface area contributed by atoms with Crippen molar-refractivity contribution >= 4 is 39.3 Å². The van der Waals surface area contributed by atoms with E-state index in [1.165, 1.54) is 12.2 Å². The first-order chi connectivity index (χ1) is 21.6. The first-order valence-corrected chi connectivity index (χ1v) is 18.1.